The first-order chi connectivity index (χ1) is 9.28. The number of nitriles is 1. The number of hydrogen-bond acceptors (Lipinski definition) is 4. The van der Waals surface area contributed by atoms with E-state index < -0.39 is 5.54 Å². The molecule has 1 rings (SSSR count). The summed E-state index contributed by atoms with van der Waals surface area (Å²) in [6.45, 7) is 10.1. The molecule has 0 aromatic rings. The van der Waals surface area contributed by atoms with Gasteiger partial charge in [0, 0.05) is 33.1 Å². The Labute approximate surface area is 120 Å². The molecule has 1 atom stereocenters. The van der Waals surface area contributed by atoms with E-state index in [-0.39, 0.29) is 24.3 Å². The van der Waals surface area contributed by atoms with E-state index in [0.717, 1.165) is 0 Å². The van der Waals surface area contributed by atoms with Gasteiger partial charge in [0.15, 0.2) is 0 Å². The molecule has 0 aromatic heterocycles. The van der Waals surface area contributed by atoms with Crippen LogP contribution in [-0.4, -0.2) is 59.9 Å². The van der Waals surface area contributed by atoms with Gasteiger partial charge in [-0.3, -0.25) is 14.5 Å². The zero-order valence-electron chi connectivity index (χ0n) is 12.8. The number of carbonyl (C=O) groups is 2. The van der Waals surface area contributed by atoms with E-state index in [1.54, 1.807) is 18.7 Å². The predicted octanol–water partition coefficient (Wildman–Crippen LogP) is 0.205. The van der Waals surface area contributed by atoms with Crippen molar-refractivity contribution >= 4 is 11.8 Å². The van der Waals surface area contributed by atoms with Crippen molar-refractivity contribution in [2.45, 2.75) is 33.2 Å². The fourth-order valence-electron chi connectivity index (χ4n) is 2.05. The number of amides is 2. The van der Waals surface area contributed by atoms with Gasteiger partial charge in [-0.1, -0.05) is 13.8 Å². The van der Waals surface area contributed by atoms with Crippen LogP contribution < -0.4 is 5.32 Å². The van der Waals surface area contributed by atoms with E-state index in [1.807, 2.05) is 18.7 Å². The minimum atomic E-state index is -0.835. The van der Waals surface area contributed by atoms with Crippen LogP contribution in [0.4, 0.5) is 0 Å². The second-order valence-corrected chi connectivity index (χ2v) is 5.80. The molecule has 6 heteroatoms. The van der Waals surface area contributed by atoms with Crippen LogP contribution in [-0.2, 0) is 9.59 Å². The second-order valence-electron chi connectivity index (χ2n) is 5.80. The summed E-state index contributed by atoms with van der Waals surface area (Å²) < 4.78 is 0. The molecule has 1 N–H and O–H groups in total. The van der Waals surface area contributed by atoms with Crippen molar-refractivity contribution < 1.29 is 9.59 Å². The number of hydrogen-bond donors (Lipinski definition) is 1. The van der Waals surface area contributed by atoms with E-state index in [4.69, 9.17) is 0 Å². The summed E-state index contributed by atoms with van der Waals surface area (Å²) in [7, 11) is 0. The fraction of sp³-hybridized carbons (Fsp3) is 0.786. The monoisotopic (exact) mass is 280 g/mol. The molecule has 1 fully saturated rings. The molecule has 0 saturated carbocycles. The third kappa shape index (κ3) is 4.20. The van der Waals surface area contributed by atoms with Crippen molar-refractivity contribution in [3.05, 3.63) is 0 Å². The van der Waals surface area contributed by atoms with Crippen molar-refractivity contribution in [2.24, 2.45) is 5.92 Å². The number of rotatable bonds is 4. The Morgan fingerprint density at radius 2 is 1.85 bits per heavy atom. The van der Waals surface area contributed by atoms with Gasteiger partial charge in [0.25, 0.3) is 0 Å². The van der Waals surface area contributed by atoms with Crippen molar-refractivity contribution in [2.75, 3.05) is 32.7 Å². The molecule has 2 amide bonds. The van der Waals surface area contributed by atoms with E-state index >= 15 is 0 Å². The maximum Gasteiger partial charge on any atom is 0.235 e. The van der Waals surface area contributed by atoms with Crippen molar-refractivity contribution in [1.82, 2.24) is 15.1 Å². The van der Waals surface area contributed by atoms with Crippen LogP contribution in [0.3, 0.4) is 0 Å². The molecule has 0 aromatic carbocycles. The first-order valence-corrected chi connectivity index (χ1v) is 6.98. The highest BCUT2D eigenvalue weighted by molar-refractivity contribution is 5.79. The standard InChI is InChI=1S/C14H24N4O2/c1-11(2)14(4,10-15)16-13(20)9-17-5-7-18(8-6-17)12(3)19/h11H,5-9H2,1-4H3,(H,16,20)/t14-/m1/s1. The third-order valence-electron chi connectivity index (χ3n) is 3.97. The topological polar surface area (TPSA) is 76.4 Å². The van der Waals surface area contributed by atoms with Gasteiger partial charge in [-0.15, -0.1) is 0 Å². The molecule has 6 nitrogen and oxygen atoms in total. The Balaban J connectivity index is 2.45. The molecule has 1 heterocycles. The summed E-state index contributed by atoms with van der Waals surface area (Å²) in [4.78, 5) is 27.0. The smallest absolute Gasteiger partial charge is 0.235 e. The maximum atomic E-state index is 12.0. The van der Waals surface area contributed by atoms with Gasteiger partial charge in [-0.25, -0.2) is 0 Å². The van der Waals surface area contributed by atoms with E-state index in [0.29, 0.717) is 26.2 Å². The van der Waals surface area contributed by atoms with Crippen LogP contribution in [0.1, 0.15) is 27.7 Å². The molecule has 0 radical (unpaired) electrons. The summed E-state index contributed by atoms with van der Waals surface area (Å²) in [6, 6.07) is 2.16. The summed E-state index contributed by atoms with van der Waals surface area (Å²) in [5, 5.41) is 12.0. The molecular formula is C14H24N4O2. The van der Waals surface area contributed by atoms with Gasteiger partial charge in [0.05, 0.1) is 12.6 Å². The highest BCUT2D eigenvalue weighted by atomic mass is 16.2. The number of piperazine rings is 1. The van der Waals surface area contributed by atoms with Crippen molar-refractivity contribution in [1.29, 1.82) is 5.26 Å². The SMILES string of the molecule is CC(=O)N1CCN(CC(=O)N[C@](C)(C#N)C(C)C)CC1. The van der Waals surface area contributed by atoms with Gasteiger partial charge in [-0.05, 0) is 12.8 Å². The molecule has 0 unspecified atom stereocenters. The van der Waals surface area contributed by atoms with Crippen molar-refractivity contribution in [3.63, 3.8) is 0 Å². The Kier molecular flexibility index (Phi) is 5.52. The van der Waals surface area contributed by atoms with Crippen LogP contribution in [0.25, 0.3) is 0 Å². The molecular weight excluding hydrogens is 256 g/mol. The predicted molar refractivity (Wildman–Crippen MR) is 75.7 cm³/mol. The summed E-state index contributed by atoms with van der Waals surface area (Å²) in [5.41, 5.74) is -0.835. The molecule has 1 aliphatic rings. The van der Waals surface area contributed by atoms with Gasteiger partial charge in [-0.2, -0.15) is 5.26 Å². The summed E-state index contributed by atoms with van der Waals surface area (Å²) >= 11 is 0. The summed E-state index contributed by atoms with van der Waals surface area (Å²) in [5.74, 6) is -0.0176. The zero-order valence-corrected chi connectivity index (χ0v) is 12.8. The second kappa shape index (κ2) is 6.71. The number of carbonyl (C=O) groups excluding carboxylic acids is 2. The van der Waals surface area contributed by atoms with E-state index in [2.05, 4.69) is 11.4 Å². The minimum absolute atomic E-state index is 0.0472. The molecule has 1 aliphatic heterocycles. The first-order valence-electron chi connectivity index (χ1n) is 6.98. The van der Waals surface area contributed by atoms with Crippen molar-refractivity contribution in [3.8, 4) is 6.07 Å². The lowest BCUT2D eigenvalue weighted by molar-refractivity contribution is -0.131. The van der Waals surface area contributed by atoms with Crippen LogP contribution in [0.15, 0.2) is 0 Å². The minimum Gasteiger partial charge on any atom is -0.340 e. The molecule has 20 heavy (non-hydrogen) atoms. The average Bonchev–Trinajstić information content (AvgIpc) is 2.38. The van der Waals surface area contributed by atoms with Crippen LogP contribution in [0.2, 0.25) is 0 Å². The van der Waals surface area contributed by atoms with Gasteiger partial charge in [0.1, 0.15) is 5.54 Å². The number of nitrogens with zero attached hydrogens (tertiary/aromatic N) is 3. The first kappa shape index (κ1) is 16.4. The van der Waals surface area contributed by atoms with E-state index in [9.17, 15) is 14.9 Å². The molecule has 0 spiro atoms. The summed E-state index contributed by atoms with van der Waals surface area (Å²) in [6.07, 6.45) is 0. The largest absolute Gasteiger partial charge is 0.340 e. The van der Waals surface area contributed by atoms with Crippen LogP contribution in [0.5, 0.6) is 0 Å². The normalized spacial score (nSPS) is 19.3. The fourth-order valence-corrected chi connectivity index (χ4v) is 2.05. The lowest BCUT2D eigenvalue weighted by Gasteiger charge is -2.34. The quantitative estimate of drug-likeness (QED) is 0.798. The lowest BCUT2D eigenvalue weighted by atomic mass is 9.90. The highest BCUT2D eigenvalue weighted by Crippen LogP contribution is 2.15. The van der Waals surface area contributed by atoms with Gasteiger partial charge in [0.2, 0.25) is 11.8 Å². The van der Waals surface area contributed by atoms with Crippen LogP contribution in [0, 0.1) is 17.2 Å². The number of nitrogens with one attached hydrogen (secondary N) is 1. The average molecular weight is 280 g/mol. The Hall–Kier alpha value is -1.61. The highest BCUT2D eigenvalue weighted by Gasteiger charge is 2.30. The third-order valence-corrected chi connectivity index (χ3v) is 3.97. The zero-order chi connectivity index (χ0) is 15.3. The van der Waals surface area contributed by atoms with E-state index in [1.165, 1.54) is 0 Å². The lowest BCUT2D eigenvalue weighted by Crippen LogP contribution is -2.54. The van der Waals surface area contributed by atoms with Gasteiger partial charge < -0.3 is 10.2 Å². The van der Waals surface area contributed by atoms with Crippen LogP contribution >= 0.6 is 0 Å². The molecule has 1 saturated heterocycles. The van der Waals surface area contributed by atoms with Gasteiger partial charge >= 0.3 is 0 Å². The Morgan fingerprint density at radius 3 is 2.25 bits per heavy atom. The molecule has 0 aliphatic carbocycles. The molecule has 0 bridgehead atoms. The maximum absolute atomic E-state index is 12.0. The molecule has 112 valence electrons. The Bertz CT molecular complexity index is 408. The Morgan fingerprint density at radius 1 is 1.30 bits per heavy atom.